The molecule has 21 heavy (non-hydrogen) atoms. The van der Waals surface area contributed by atoms with E-state index in [1.54, 1.807) is 7.11 Å². The predicted molar refractivity (Wildman–Crippen MR) is 84.0 cm³/mol. The molecule has 1 aromatic carbocycles. The van der Waals surface area contributed by atoms with E-state index < -0.39 is 0 Å². The smallest absolute Gasteiger partial charge is 0.121 e. The highest BCUT2D eigenvalue weighted by molar-refractivity contribution is 5.92. The Balaban J connectivity index is 1.84. The molecule has 1 aliphatic rings. The molecule has 0 spiro atoms. The van der Waals surface area contributed by atoms with Crippen molar-refractivity contribution in [3.63, 3.8) is 0 Å². The van der Waals surface area contributed by atoms with E-state index in [1.807, 2.05) is 18.3 Å². The lowest BCUT2D eigenvalue weighted by atomic mass is 10.1. The summed E-state index contributed by atoms with van der Waals surface area (Å²) in [7, 11) is 1.67. The number of nitrogens with zero attached hydrogens (tertiary/aromatic N) is 3. The molecule has 5 nitrogen and oxygen atoms in total. The molecule has 0 unspecified atom stereocenters. The van der Waals surface area contributed by atoms with Gasteiger partial charge in [0.1, 0.15) is 5.75 Å². The molecule has 112 valence electrons. The van der Waals surface area contributed by atoms with Crippen LogP contribution in [0.1, 0.15) is 0 Å². The number of aromatic nitrogens is 1. The highest BCUT2D eigenvalue weighted by Gasteiger charge is 2.18. The maximum Gasteiger partial charge on any atom is 0.121 e. The molecule has 0 aliphatic carbocycles. The van der Waals surface area contributed by atoms with Gasteiger partial charge < -0.3 is 14.7 Å². The Morgan fingerprint density at radius 1 is 1.19 bits per heavy atom. The van der Waals surface area contributed by atoms with E-state index in [9.17, 15) is 0 Å². The molecular formula is C16H21N3O2. The highest BCUT2D eigenvalue weighted by atomic mass is 16.5. The number of methoxy groups -OCH3 is 1. The number of aliphatic hydroxyl groups excluding tert-OH is 1. The van der Waals surface area contributed by atoms with Gasteiger partial charge in [0.2, 0.25) is 0 Å². The average Bonchev–Trinajstić information content (AvgIpc) is 2.55. The van der Waals surface area contributed by atoms with Crippen molar-refractivity contribution in [2.75, 3.05) is 51.3 Å². The average molecular weight is 287 g/mol. The van der Waals surface area contributed by atoms with Crippen LogP contribution in [-0.4, -0.2) is 61.4 Å². The normalized spacial score (nSPS) is 16.4. The van der Waals surface area contributed by atoms with Crippen LogP contribution >= 0.6 is 0 Å². The van der Waals surface area contributed by atoms with E-state index in [4.69, 9.17) is 9.84 Å². The molecule has 0 saturated carbocycles. The van der Waals surface area contributed by atoms with Crippen molar-refractivity contribution in [2.24, 2.45) is 0 Å². The minimum Gasteiger partial charge on any atom is -0.497 e. The van der Waals surface area contributed by atoms with Gasteiger partial charge in [0, 0.05) is 56.1 Å². The lowest BCUT2D eigenvalue weighted by molar-refractivity contribution is 0.189. The van der Waals surface area contributed by atoms with Gasteiger partial charge in [0.05, 0.1) is 19.2 Å². The van der Waals surface area contributed by atoms with Crippen LogP contribution in [0.3, 0.4) is 0 Å². The Bertz CT molecular complexity index is 609. The summed E-state index contributed by atoms with van der Waals surface area (Å²) < 4.78 is 5.26. The fourth-order valence-corrected chi connectivity index (χ4v) is 2.87. The second kappa shape index (κ2) is 6.28. The van der Waals surface area contributed by atoms with Gasteiger partial charge in [-0.15, -0.1) is 0 Å². The number of β-amino-alcohol motifs (C(OH)–C–C–N with tert-alkyl or cyclic N) is 1. The molecule has 0 atom stereocenters. The van der Waals surface area contributed by atoms with Gasteiger partial charge in [0.15, 0.2) is 0 Å². The SMILES string of the molecule is COc1ccc2c(N3CCN(CCO)CC3)ccnc2c1. The Morgan fingerprint density at radius 2 is 2.00 bits per heavy atom. The maximum atomic E-state index is 9.02. The molecule has 1 aliphatic heterocycles. The number of aliphatic hydroxyl groups is 1. The van der Waals surface area contributed by atoms with E-state index in [0.29, 0.717) is 0 Å². The largest absolute Gasteiger partial charge is 0.497 e. The highest BCUT2D eigenvalue weighted by Crippen LogP contribution is 2.28. The summed E-state index contributed by atoms with van der Waals surface area (Å²) in [5, 5.41) is 10.2. The van der Waals surface area contributed by atoms with Crippen molar-refractivity contribution in [3.8, 4) is 5.75 Å². The predicted octanol–water partition coefficient (Wildman–Crippen LogP) is 1.36. The summed E-state index contributed by atoms with van der Waals surface area (Å²) in [4.78, 5) is 9.13. The number of rotatable bonds is 4. The van der Waals surface area contributed by atoms with Gasteiger partial charge in [-0.1, -0.05) is 0 Å². The first kappa shape index (κ1) is 14.1. The van der Waals surface area contributed by atoms with Crippen LogP contribution in [-0.2, 0) is 0 Å². The van der Waals surface area contributed by atoms with Gasteiger partial charge in [0.25, 0.3) is 0 Å². The van der Waals surface area contributed by atoms with Crippen LogP contribution in [0.2, 0.25) is 0 Å². The lowest BCUT2D eigenvalue weighted by Gasteiger charge is -2.36. The third-order valence-corrected chi connectivity index (χ3v) is 4.06. The van der Waals surface area contributed by atoms with Crippen molar-refractivity contribution in [1.82, 2.24) is 9.88 Å². The summed E-state index contributed by atoms with van der Waals surface area (Å²) in [6.45, 7) is 4.93. The van der Waals surface area contributed by atoms with E-state index in [0.717, 1.165) is 49.4 Å². The summed E-state index contributed by atoms with van der Waals surface area (Å²) >= 11 is 0. The summed E-state index contributed by atoms with van der Waals surface area (Å²) in [5.41, 5.74) is 2.19. The molecule has 3 rings (SSSR count). The minimum absolute atomic E-state index is 0.234. The summed E-state index contributed by atoms with van der Waals surface area (Å²) in [6.07, 6.45) is 1.86. The number of piperazine rings is 1. The zero-order chi connectivity index (χ0) is 14.7. The Morgan fingerprint density at radius 3 is 2.71 bits per heavy atom. The van der Waals surface area contributed by atoms with E-state index in [1.165, 1.54) is 5.69 Å². The van der Waals surface area contributed by atoms with Crippen LogP contribution in [0, 0.1) is 0 Å². The van der Waals surface area contributed by atoms with Crippen molar-refractivity contribution in [3.05, 3.63) is 30.5 Å². The number of hydrogen-bond acceptors (Lipinski definition) is 5. The van der Waals surface area contributed by atoms with Crippen molar-refractivity contribution >= 4 is 16.6 Å². The van der Waals surface area contributed by atoms with Crippen LogP contribution in [0.5, 0.6) is 5.75 Å². The van der Waals surface area contributed by atoms with E-state index >= 15 is 0 Å². The standard InChI is InChI=1S/C16H21N3O2/c1-21-13-2-3-14-15(12-13)17-5-4-16(14)19-8-6-18(7-9-19)10-11-20/h2-5,12,20H,6-11H2,1H3. The first-order chi connectivity index (χ1) is 10.3. The number of pyridine rings is 1. The zero-order valence-corrected chi connectivity index (χ0v) is 12.3. The number of anilines is 1. The van der Waals surface area contributed by atoms with Gasteiger partial charge >= 0.3 is 0 Å². The van der Waals surface area contributed by atoms with Crippen LogP contribution in [0.4, 0.5) is 5.69 Å². The van der Waals surface area contributed by atoms with Gasteiger partial charge in [-0.2, -0.15) is 0 Å². The van der Waals surface area contributed by atoms with Crippen molar-refractivity contribution in [2.45, 2.75) is 0 Å². The van der Waals surface area contributed by atoms with Gasteiger partial charge in [-0.05, 0) is 18.2 Å². The van der Waals surface area contributed by atoms with Gasteiger partial charge in [-0.25, -0.2) is 0 Å². The van der Waals surface area contributed by atoms with E-state index in [2.05, 4.69) is 26.9 Å². The number of ether oxygens (including phenoxy) is 1. The topological polar surface area (TPSA) is 48.8 Å². The lowest BCUT2D eigenvalue weighted by Crippen LogP contribution is -2.47. The molecule has 0 radical (unpaired) electrons. The van der Waals surface area contributed by atoms with Crippen molar-refractivity contribution in [1.29, 1.82) is 0 Å². The molecule has 2 aromatic rings. The number of fused-ring (bicyclic) bond motifs is 1. The van der Waals surface area contributed by atoms with Crippen LogP contribution < -0.4 is 9.64 Å². The minimum atomic E-state index is 0.234. The van der Waals surface area contributed by atoms with Crippen molar-refractivity contribution < 1.29 is 9.84 Å². The zero-order valence-electron chi connectivity index (χ0n) is 12.3. The molecule has 5 heteroatoms. The van der Waals surface area contributed by atoms with E-state index in [-0.39, 0.29) is 6.61 Å². The maximum absolute atomic E-state index is 9.02. The second-order valence-electron chi connectivity index (χ2n) is 5.27. The number of hydrogen-bond donors (Lipinski definition) is 1. The molecule has 1 saturated heterocycles. The van der Waals surface area contributed by atoms with Gasteiger partial charge in [-0.3, -0.25) is 9.88 Å². The Hall–Kier alpha value is -1.85. The molecule has 0 amide bonds. The molecule has 1 fully saturated rings. The first-order valence-corrected chi connectivity index (χ1v) is 7.33. The monoisotopic (exact) mass is 287 g/mol. The third-order valence-electron chi connectivity index (χ3n) is 4.06. The van der Waals surface area contributed by atoms with Crippen LogP contribution in [0.15, 0.2) is 30.5 Å². The third kappa shape index (κ3) is 2.94. The quantitative estimate of drug-likeness (QED) is 0.920. The molecule has 1 N–H and O–H groups in total. The Kier molecular flexibility index (Phi) is 4.22. The molecular weight excluding hydrogens is 266 g/mol. The molecule has 2 heterocycles. The Labute approximate surface area is 124 Å². The fourth-order valence-electron chi connectivity index (χ4n) is 2.87. The molecule has 1 aromatic heterocycles. The fraction of sp³-hybridized carbons (Fsp3) is 0.438. The number of benzene rings is 1. The summed E-state index contributed by atoms with van der Waals surface area (Å²) in [5.74, 6) is 0.833. The summed E-state index contributed by atoms with van der Waals surface area (Å²) in [6, 6.07) is 8.11. The first-order valence-electron chi connectivity index (χ1n) is 7.33. The molecule has 0 bridgehead atoms. The second-order valence-corrected chi connectivity index (χ2v) is 5.27. The van der Waals surface area contributed by atoms with Crippen LogP contribution in [0.25, 0.3) is 10.9 Å².